The Morgan fingerprint density at radius 3 is 2.42 bits per heavy atom. The third kappa shape index (κ3) is 5.11. The molecule has 0 saturated heterocycles. The van der Waals surface area contributed by atoms with Crippen molar-refractivity contribution in [2.75, 3.05) is 19.6 Å². The quantitative estimate of drug-likeness (QED) is 0.683. The Morgan fingerprint density at radius 2 is 1.84 bits per heavy atom. The average molecular weight is 268 g/mol. The van der Waals surface area contributed by atoms with Crippen LogP contribution in [0.15, 0.2) is 0 Å². The number of nitrogens with one attached hydrogen (secondary N) is 2. The van der Waals surface area contributed by atoms with Crippen molar-refractivity contribution >= 4 is 5.91 Å². The van der Waals surface area contributed by atoms with E-state index in [-0.39, 0.29) is 5.91 Å². The van der Waals surface area contributed by atoms with Crippen LogP contribution in [-0.2, 0) is 4.79 Å². The van der Waals surface area contributed by atoms with Gasteiger partial charge in [0, 0.05) is 13.1 Å². The second kappa shape index (κ2) is 5.80. The van der Waals surface area contributed by atoms with E-state index in [2.05, 4.69) is 24.5 Å². The van der Waals surface area contributed by atoms with Gasteiger partial charge in [0.2, 0.25) is 5.91 Å². The van der Waals surface area contributed by atoms with Gasteiger partial charge in [0.1, 0.15) is 0 Å². The monoisotopic (exact) mass is 268 g/mol. The Morgan fingerprint density at radius 1 is 1.21 bits per heavy atom. The van der Waals surface area contributed by atoms with Crippen LogP contribution in [0.5, 0.6) is 0 Å². The summed E-state index contributed by atoms with van der Waals surface area (Å²) in [6, 6.07) is 0. The summed E-state index contributed by atoms with van der Waals surface area (Å²) in [4.78, 5) is 11.6. The zero-order valence-corrected chi connectivity index (χ0v) is 12.3. The van der Waals surface area contributed by atoms with Crippen LogP contribution in [0.2, 0.25) is 0 Å². The lowest BCUT2D eigenvalue weighted by Gasteiger charge is -2.40. The Kier molecular flexibility index (Phi) is 4.51. The average Bonchev–Trinajstić information content (AvgIpc) is 3.15. The maximum atomic E-state index is 11.6. The largest absolute Gasteiger partial charge is 0.389 e. The first-order valence-electron chi connectivity index (χ1n) is 7.58. The van der Waals surface area contributed by atoms with Crippen LogP contribution >= 0.6 is 0 Å². The highest BCUT2D eigenvalue weighted by Crippen LogP contribution is 2.39. The molecule has 4 nitrogen and oxygen atoms in total. The van der Waals surface area contributed by atoms with Gasteiger partial charge in [-0.15, -0.1) is 0 Å². The van der Waals surface area contributed by atoms with Gasteiger partial charge in [-0.1, -0.05) is 13.8 Å². The third-order valence-corrected chi connectivity index (χ3v) is 4.56. The summed E-state index contributed by atoms with van der Waals surface area (Å²) in [5, 5.41) is 16.5. The smallest absolute Gasteiger partial charge is 0.233 e. The molecule has 0 spiro atoms. The molecular weight excluding hydrogens is 240 g/mol. The Balaban J connectivity index is 1.60. The molecule has 4 heteroatoms. The summed E-state index contributed by atoms with van der Waals surface area (Å²) >= 11 is 0. The summed E-state index contributed by atoms with van der Waals surface area (Å²) in [6.45, 7) is 6.17. The molecule has 3 N–H and O–H groups in total. The first kappa shape index (κ1) is 14.8. The van der Waals surface area contributed by atoms with E-state index < -0.39 is 5.60 Å². The molecule has 0 bridgehead atoms. The Hall–Kier alpha value is -0.610. The molecule has 2 rings (SSSR count). The highest BCUT2D eigenvalue weighted by atomic mass is 16.3. The molecule has 0 unspecified atom stereocenters. The molecule has 19 heavy (non-hydrogen) atoms. The van der Waals surface area contributed by atoms with Gasteiger partial charge >= 0.3 is 0 Å². The van der Waals surface area contributed by atoms with E-state index in [9.17, 15) is 9.90 Å². The van der Waals surface area contributed by atoms with Gasteiger partial charge in [0.25, 0.3) is 0 Å². The van der Waals surface area contributed by atoms with Gasteiger partial charge in [0.15, 0.2) is 0 Å². The summed E-state index contributed by atoms with van der Waals surface area (Å²) in [5.41, 5.74) is -0.264. The molecule has 2 saturated carbocycles. The molecule has 0 atom stereocenters. The maximum Gasteiger partial charge on any atom is 0.233 e. The molecule has 2 aliphatic carbocycles. The highest BCUT2D eigenvalue weighted by Gasteiger charge is 2.36. The van der Waals surface area contributed by atoms with Crippen molar-refractivity contribution in [2.24, 2.45) is 11.3 Å². The molecule has 0 aromatic heterocycles. The van der Waals surface area contributed by atoms with E-state index in [1.54, 1.807) is 0 Å². The fourth-order valence-electron chi connectivity index (χ4n) is 2.62. The van der Waals surface area contributed by atoms with Crippen LogP contribution in [0, 0.1) is 11.3 Å². The van der Waals surface area contributed by atoms with Crippen LogP contribution in [0.25, 0.3) is 0 Å². The normalized spacial score (nSPS) is 25.0. The third-order valence-electron chi connectivity index (χ3n) is 4.56. The van der Waals surface area contributed by atoms with Gasteiger partial charge in [-0.2, -0.15) is 0 Å². The number of amides is 1. The Bertz CT molecular complexity index is 314. The van der Waals surface area contributed by atoms with Crippen LogP contribution in [0.4, 0.5) is 0 Å². The van der Waals surface area contributed by atoms with E-state index in [0.29, 0.717) is 24.4 Å². The van der Waals surface area contributed by atoms with Gasteiger partial charge in [-0.25, -0.2) is 0 Å². The molecule has 110 valence electrons. The van der Waals surface area contributed by atoms with E-state index in [1.165, 1.54) is 12.8 Å². The van der Waals surface area contributed by atoms with Gasteiger partial charge in [-0.05, 0) is 49.9 Å². The van der Waals surface area contributed by atoms with Crippen molar-refractivity contribution in [3.05, 3.63) is 0 Å². The van der Waals surface area contributed by atoms with Crippen molar-refractivity contribution < 1.29 is 9.90 Å². The second-order valence-electron chi connectivity index (χ2n) is 7.24. The minimum Gasteiger partial charge on any atom is -0.389 e. The predicted molar refractivity (Wildman–Crippen MR) is 75.8 cm³/mol. The fraction of sp³-hybridized carbons (Fsp3) is 0.933. The molecule has 0 aliphatic heterocycles. The van der Waals surface area contributed by atoms with Crippen molar-refractivity contribution in [1.29, 1.82) is 0 Å². The van der Waals surface area contributed by atoms with E-state index in [4.69, 9.17) is 0 Å². The molecular formula is C15H28N2O2. The molecule has 0 radical (unpaired) electrons. The van der Waals surface area contributed by atoms with E-state index in [0.717, 1.165) is 32.2 Å². The van der Waals surface area contributed by atoms with Crippen LogP contribution in [0.1, 0.15) is 52.4 Å². The topological polar surface area (TPSA) is 61.4 Å². The zero-order valence-electron chi connectivity index (χ0n) is 12.3. The molecule has 2 fully saturated rings. The summed E-state index contributed by atoms with van der Waals surface area (Å²) in [6.07, 6.45) is 6.28. The van der Waals surface area contributed by atoms with Crippen molar-refractivity contribution in [3.63, 3.8) is 0 Å². The highest BCUT2D eigenvalue weighted by molar-refractivity contribution is 5.78. The number of rotatable bonds is 6. The summed E-state index contributed by atoms with van der Waals surface area (Å²) in [7, 11) is 0. The number of hydrogen-bond donors (Lipinski definition) is 3. The molecule has 0 aromatic carbocycles. The zero-order chi connectivity index (χ0) is 13.9. The minimum atomic E-state index is -0.619. The lowest BCUT2D eigenvalue weighted by Crippen LogP contribution is -2.47. The van der Waals surface area contributed by atoms with E-state index in [1.807, 2.05) is 0 Å². The van der Waals surface area contributed by atoms with Crippen LogP contribution in [-0.4, -0.2) is 36.2 Å². The van der Waals surface area contributed by atoms with Crippen molar-refractivity contribution in [1.82, 2.24) is 10.6 Å². The fourth-order valence-corrected chi connectivity index (χ4v) is 2.62. The lowest BCUT2D eigenvalue weighted by molar-refractivity contribution is -0.120. The molecule has 0 aromatic rings. The van der Waals surface area contributed by atoms with Crippen molar-refractivity contribution in [3.8, 4) is 0 Å². The lowest BCUT2D eigenvalue weighted by atomic mass is 9.71. The summed E-state index contributed by atoms with van der Waals surface area (Å²) in [5.74, 6) is 0.764. The molecule has 1 amide bonds. The maximum absolute atomic E-state index is 11.6. The number of carbonyl (C=O) groups excluding carboxylic acids is 1. The summed E-state index contributed by atoms with van der Waals surface area (Å²) < 4.78 is 0. The SMILES string of the molecule is CC1(C)CCC(O)(CNCC(=O)NCC2CC2)CC1. The number of hydrogen-bond acceptors (Lipinski definition) is 3. The van der Waals surface area contributed by atoms with Gasteiger partial charge in [-0.3, -0.25) is 4.79 Å². The second-order valence-corrected chi connectivity index (χ2v) is 7.24. The van der Waals surface area contributed by atoms with E-state index >= 15 is 0 Å². The first-order chi connectivity index (χ1) is 8.89. The predicted octanol–water partition coefficient (Wildman–Crippen LogP) is 1.43. The number of aliphatic hydroxyl groups is 1. The van der Waals surface area contributed by atoms with Crippen molar-refractivity contribution in [2.45, 2.75) is 58.0 Å². The van der Waals surface area contributed by atoms with Gasteiger partial charge < -0.3 is 15.7 Å². The minimum absolute atomic E-state index is 0.0478. The van der Waals surface area contributed by atoms with Crippen LogP contribution in [0.3, 0.4) is 0 Å². The van der Waals surface area contributed by atoms with Crippen LogP contribution < -0.4 is 10.6 Å². The molecule has 2 aliphatic rings. The molecule has 0 heterocycles. The number of carbonyl (C=O) groups is 1. The Labute approximate surface area is 116 Å². The van der Waals surface area contributed by atoms with Gasteiger partial charge in [0.05, 0.1) is 12.1 Å². The standard InChI is InChI=1S/C15H28N2O2/c1-14(2)5-7-15(19,8-6-14)11-16-10-13(18)17-9-12-3-4-12/h12,16,19H,3-11H2,1-2H3,(H,17,18). The first-order valence-corrected chi connectivity index (χ1v) is 7.58.